The van der Waals surface area contributed by atoms with Gasteiger partial charge in [0, 0.05) is 24.8 Å². The third-order valence-electron chi connectivity index (χ3n) is 4.10. The molecule has 1 aromatic carbocycles. The second-order valence-corrected chi connectivity index (χ2v) is 5.81. The van der Waals surface area contributed by atoms with Crippen molar-refractivity contribution in [2.24, 2.45) is 0 Å². The predicted molar refractivity (Wildman–Crippen MR) is 92.0 cm³/mol. The summed E-state index contributed by atoms with van der Waals surface area (Å²) in [5.41, 5.74) is 1.69. The smallest absolute Gasteiger partial charge is 0.225 e. The molecule has 0 unspecified atom stereocenters. The highest BCUT2D eigenvalue weighted by molar-refractivity contribution is 5.79. The van der Waals surface area contributed by atoms with E-state index in [1.165, 1.54) is 12.8 Å². The van der Waals surface area contributed by atoms with Crippen LogP contribution in [0, 0.1) is 0 Å². The molecule has 1 amide bonds. The number of anilines is 1. The van der Waals surface area contributed by atoms with Crippen molar-refractivity contribution in [1.29, 1.82) is 0 Å². The van der Waals surface area contributed by atoms with Crippen LogP contribution in [0.4, 0.5) is 5.95 Å². The fourth-order valence-electron chi connectivity index (χ4n) is 2.83. The Kier molecular flexibility index (Phi) is 5.25. The fourth-order valence-corrected chi connectivity index (χ4v) is 2.83. The monoisotopic (exact) mass is 326 g/mol. The first-order chi connectivity index (χ1) is 11.8. The first-order valence-corrected chi connectivity index (χ1v) is 8.22. The molecule has 24 heavy (non-hydrogen) atoms. The Bertz CT molecular complexity index is 699. The number of nitrogens with zero attached hydrogens (tertiary/aromatic N) is 3. The van der Waals surface area contributed by atoms with E-state index in [9.17, 15) is 4.79 Å². The van der Waals surface area contributed by atoms with Crippen LogP contribution in [0.5, 0.6) is 5.75 Å². The highest BCUT2D eigenvalue weighted by atomic mass is 16.5. The molecule has 0 atom stereocenters. The number of aromatic nitrogens is 2. The molecule has 126 valence electrons. The summed E-state index contributed by atoms with van der Waals surface area (Å²) in [7, 11) is 1.61. The number of hydrogen-bond donors (Lipinski definition) is 1. The van der Waals surface area contributed by atoms with Gasteiger partial charge in [0.2, 0.25) is 11.9 Å². The lowest BCUT2D eigenvalue weighted by atomic mass is 10.1. The van der Waals surface area contributed by atoms with Crippen molar-refractivity contribution in [3.63, 3.8) is 0 Å². The molecule has 1 aliphatic heterocycles. The largest absolute Gasteiger partial charge is 0.496 e. The number of carbonyl (C=O) groups excluding carboxylic acids is 1. The predicted octanol–water partition coefficient (Wildman–Crippen LogP) is 1.94. The third kappa shape index (κ3) is 4.01. The molecule has 1 aromatic heterocycles. The standard InChI is InChI=1S/C18H22N4O2/c1-24-16-7-3-2-6-14(16)12-17(23)20-13-15-8-9-19-18(21-15)22-10-4-5-11-22/h2-3,6-9H,4-5,10-13H2,1H3,(H,20,23). The second-order valence-electron chi connectivity index (χ2n) is 5.81. The molecule has 0 radical (unpaired) electrons. The molecular weight excluding hydrogens is 304 g/mol. The van der Waals surface area contributed by atoms with Crippen LogP contribution in [0.3, 0.4) is 0 Å². The van der Waals surface area contributed by atoms with Gasteiger partial charge in [-0.1, -0.05) is 18.2 Å². The van der Waals surface area contributed by atoms with Gasteiger partial charge in [0.05, 0.1) is 25.8 Å². The molecule has 2 heterocycles. The van der Waals surface area contributed by atoms with E-state index in [-0.39, 0.29) is 12.3 Å². The van der Waals surface area contributed by atoms with Crippen molar-refractivity contribution in [3.05, 3.63) is 47.8 Å². The topological polar surface area (TPSA) is 67.3 Å². The van der Waals surface area contributed by atoms with Gasteiger partial charge < -0.3 is 15.0 Å². The molecular formula is C18H22N4O2. The van der Waals surface area contributed by atoms with Gasteiger partial charge in [-0.05, 0) is 25.0 Å². The van der Waals surface area contributed by atoms with Gasteiger partial charge in [0.15, 0.2) is 0 Å². The Morgan fingerprint density at radius 3 is 2.83 bits per heavy atom. The lowest BCUT2D eigenvalue weighted by Crippen LogP contribution is -2.26. The van der Waals surface area contributed by atoms with E-state index >= 15 is 0 Å². The van der Waals surface area contributed by atoms with Crippen LogP contribution in [0.15, 0.2) is 36.5 Å². The van der Waals surface area contributed by atoms with Crippen LogP contribution >= 0.6 is 0 Å². The molecule has 1 saturated heterocycles. The molecule has 0 spiro atoms. The highest BCUT2D eigenvalue weighted by Crippen LogP contribution is 2.18. The maximum Gasteiger partial charge on any atom is 0.225 e. The number of ether oxygens (including phenoxy) is 1. The van der Waals surface area contributed by atoms with Crippen molar-refractivity contribution in [2.45, 2.75) is 25.8 Å². The summed E-state index contributed by atoms with van der Waals surface area (Å²) in [6, 6.07) is 9.38. The zero-order valence-corrected chi connectivity index (χ0v) is 13.9. The van der Waals surface area contributed by atoms with E-state index < -0.39 is 0 Å². The summed E-state index contributed by atoms with van der Waals surface area (Å²) < 4.78 is 5.28. The normalized spacial score (nSPS) is 13.8. The van der Waals surface area contributed by atoms with Gasteiger partial charge in [-0.3, -0.25) is 4.79 Å². The van der Waals surface area contributed by atoms with E-state index in [4.69, 9.17) is 4.74 Å². The van der Waals surface area contributed by atoms with Crippen LogP contribution in [-0.4, -0.2) is 36.1 Å². The number of hydrogen-bond acceptors (Lipinski definition) is 5. The molecule has 6 nitrogen and oxygen atoms in total. The molecule has 1 N–H and O–H groups in total. The first-order valence-electron chi connectivity index (χ1n) is 8.22. The molecule has 2 aromatic rings. The quantitative estimate of drug-likeness (QED) is 0.879. The van der Waals surface area contributed by atoms with Crippen molar-refractivity contribution >= 4 is 11.9 Å². The number of methoxy groups -OCH3 is 1. The Morgan fingerprint density at radius 1 is 1.25 bits per heavy atom. The van der Waals surface area contributed by atoms with Crippen LogP contribution in [0.25, 0.3) is 0 Å². The van der Waals surface area contributed by atoms with Crippen LogP contribution < -0.4 is 15.0 Å². The van der Waals surface area contributed by atoms with E-state index in [1.54, 1.807) is 13.3 Å². The third-order valence-corrected chi connectivity index (χ3v) is 4.10. The van der Waals surface area contributed by atoms with E-state index in [1.807, 2.05) is 30.3 Å². The zero-order chi connectivity index (χ0) is 16.8. The SMILES string of the molecule is COc1ccccc1CC(=O)NCc1ccnc(N2CCCC2)n1. The van der Waals surface area contributed by atoms with Gasteiger partial charge >= 0.3 is 0 Å². The fraction of sp³-hybridized carbons (Fsp3) is 0.389. The van der Waals surface area contributed by atoms with Gasteiger partial charge in [-0.2, -0.15) is 0 Å². The molecule has 6 heteroatoms. The van der Waals surface area contributed by atoms with Gasteiger partial charge in [0.1, 0.15) is 5.75 Å². The zero-order valence-electron chi connectivity index (χ0n) is 13.9. The summed E-state index contributed by atoms with van der Waals surface area (Å²) in [6.07, 6.45) is 4.41. The summed E-state index contributed by atoms with van der Waals surface area (Å²) >= 11 is 0. The number of para-hydroxylation sites is 1. The van der Waals surface area contributed by atoms with Gasteiger partial charge in [0.25, 0.3) is 0 Å². The summed E-state index contributed by atoms with van der Waals surface area (Å²) in [5.74, 6) is 1.43. The molecule has 1 fully saturated rings. The van der Waals surface area contributed by atoms with Crippen LogP contribution in [-0.2, 0) is 17.8 Å². The lowest BCUT2D eigenvalue weighted by molar-refractivity contribution is -0.120. The van der Waals surface area contributed by atoms with Crippen LogP contribution in [0.2, 0.25) is 0 Å². The highest BCUT2D eigenvalue weighted by Gasteiger charge is 2.15. The molecule has 0 saturated carbocycles. The van der Waals surface area contributed by atoms with E-state index in [0.29, 0.717) is 6.54 Å². The Morgan fingerprint density at radius 2 is 2.04 bits per heavy atom. The van der Waals surface area contributed by atoms with Crippen molar-refractivity contribution in [1.82, 2.24) is 15.3 Å². The maximum absolute atomic E-state index is 12.2. The second kappa shape index (κ2) is 7.77. The summed E-state index contributed by atoms with van der Waals surface area (Å²) in [6.45, 7) is 2.41. The first kappa shape index (κ1) is 16.2. The average Bonchev–Trinajstić information content (AvgIpc) is 3.15. The van der Waals surface area contributed by atoms with E-state index in [0.717, 1.165) is 36.0 Å². The van der Waals surface area contributed by atoms with Crippen molar-refractivity contribution in [3.8, 4) is 5.75 Å². The molecule has 3 rings (SSSR count). The molecule has 0 bridgehead atoms. The number of nitrogens with one attached hydrogen (secondary N) is 1. The lowest BCUT2D eigenvalue weighted by Gasteiger charge is -2.15. The molecule has 1 aliphatic rings. The summed E-state index contributed by atoms with van der Waals surface area (Å²) in [4.78, 5) is 23.2. The minimum absolute atomic E-state index is 0.0548. The number of carbonyl (C=O) groups is 1. The van der Waals surface area contributed by atoms with Gasteiger partial charge in [-0.25, -0.2) is 9.97 Å². The van der Waals surface area contributed by atoms with E-state index in [2.05, 4.69) is 20.2 Å². The Hall–Kier alpha value is -2.63. The average molecular weight is 326 g/mol. The number of amides is 1. The number of rotatable bonds is 6. The van der Waals surface area contributed by atoms with Crippen LogP contribution in [0.1, 0.15) is 24.1 Å². The number of benzene rings is 1. The van der Waals surface area contributed by atoms with Gasteiger partial charge in [-0.15, -0.1) is 0 Å². The van der Waals surface area contributed by atoms with Crippen molar-refractivity contribution in [2.75, 3.05) is 25.1 Å². The minimum atomic E-state index is -0.0548. The Labute approximate surface area is 141 Å². The summed E-state index contributed by atoms with van der Waals surface area (Å²) in [5, 5.41) is 2.91. The maximum atomic E-state index is 12.2. The Balaban J connectivity index is 1.57. The minimum Gasteiger partial charge on any atom is -0.496 e. The molecule has 0 aliphatic carbocycles. The van der Waals surface area contributed by atoms with Crippen molar-refractivity contribution < 1.29 is 9.53 Å².